The molecule has 32 heavy (non-hydrogen) atoms. The van der Waals surface area contributed by atoms with Crippen molar-refractivity contribution >= 4 is 5.91 Å². The van der Waals surface area contributed by atoms with Gasteiger partial charge in [-0.1, -0.05) is 12.8 Å². The number of hydrogen-bond acceptors (Lipinski definition) is 6. The number of aromatic nitrogens is 5. The predicted molar refractivity (Wildman–Crippen MR) is 118 cm³/mol. The Morgan fingerprint density at radius 2 is 1.81 bits per heavy atom. The van der Waals surface area contributed by atoms with E-state index in [0.717, 1.165) is 48.6 Å². The topological polar surface area (TPSA) is 87.3 Å². The average Bonchev–Trinajstić information content (AvgIpc) is 3.40. The van der Waals surface area contributed by atoms with Crippen LogP contribution in [0.15, 0.2) is 24.4 Å². The second-order valence-electron chi connectivity index (χ2n) is 8.53. The number of methoxy groups -OCH3 is 2. The quantitative estimate of drug-likeness (QED) is 0.624. The van der Waals surface area contributed by atoms with Gasteiger partial charge < -0.3 is 18.9 Å². The minimum atomic E-state index is 0.0226. The number of benzene rings is 1. The first-order valence-electron chi connectivity index (χ1n) is 11.0. The molecule has 9 nitrogen and oxygen atoms in total. The Labute approximate surface area is 186 Å². The highest BCUT2D eigenvalue weighted by Gasteiger charge is 2.42. The van der Waals surface area contributed by atoms with Crippen molar-refractivity contribution < 1.29 is 14.3 Å². The van der Waals surface area contributed by atoms with Crippen LogP contribution in [0, 0.1) is 6.92 Å². The molecular formula is C23H28N6O3. The molecule has 3 aromatic rings. The van der Waals surface area contributed by atoms with Gasteiger partial charge in [0.25, 0.3) is 5.91 Å². The van der Waals surface area contributed by atoms with Crippen molar-refractivity contribution in [2.45, 2.75) is 51.2 Å². The lowest BCUT2D eigenvalue weighted by Crippen LogP contribution is -2.50. The van der Waals surface area contributed by atoms with Crippen molar-refractivity contribution in [1.82, 2.24) is 29.4 Å². The second-order valence-corrected chi connectivity index (χ2v) is 8.53. The summed E-state index contributed by atoms with van der Waals surface area (Å²) in [4.78, 5) is 15.5. The van der Waals surface area contributed by atoms with E-state index >= 15 is 0 Å². The Hall–Kier alpha value is -3.36. The summed E-state index contributed by atoms with van der Waals surface area (Å²) in [6, 6.07) is 6.06. The number of nitrogens with zero attached hydrogens (tertiary/aromatic N) is 6. The van der Waals surface area contributed by atoms with Crippen molar-refractivity contribution in [3.8, 4) is 22.9 Å². The lowest BCUT2D eigenvalue weighted by molar-refractivity contribution is 0.0420. The summed E-state index contributed by atoms with van der Waals surface area (Å²) >= 11 is 0. The van der Waals surface area contributed by atoms with Crippen LogP contribution in [0.4, 0.5) is 0 Å². The molecule has 1 amide bonds. The molecule has 0 radical (unpaired) electrons. The molecule has 1 aliphatic carbocycles. The molecule has 1 fully saturated rings. The van der Waals surface area contributed by atoms with Gasteiger partial charge in [-0.2, -0.15) is 5.10 Å². The molecule has 1 saturated carbocycles. The van der Waals surface area contributed by atoms with Gasteiger partial charge in [0.2, 0.25) is 0 Å². The maximum absolute atomic E-state index is 13.5. The van der Waals surface area contributed by atoms with Crippen molar-refractivity contribution in [3.63, 3.8) is 0 Å². The summed E-state index contributed by atoms with van der Waals surface area (Å²) in [7, 11) is 5.09. The van der Waals surface area contributed by atoms with Crippen LogP contribution in [-0.4, -0.2) is 55.6 Å². The normalized spacial score (nSPS) is 19.9. The molecule has 168 valence electrons. The standard InChI is InChI=1S/C23H28N6O3/c1-14-16(12-27(2)26-14)23(30)28-13-21-24-25-22(29(21)18-8-6-5-7-17(18)28)15-9-10-19(31-3)20(11-15)32-4/h9-12,17-18H,5-8,13H2,1-4H3/t17-,18+/m1/s1. The molecule has 2 atom stereocenters. The first kappa shape index (κ1) is 20.5. The Morgan fingerprint density at radius 1 is 1.06 bits per heavy atom. The monoisotopic (exact) mass is 436 g/mol. The zero-order valence-electron chi connectivity index (χ0n) is 18.9. The van der Waals surface area contributed by atoms with Crippen LogP contribution in [0.2, 0.25) is 0 Å². The van der Waals surface area contributed by atoms with Gasteiger partial charge in [0, 0.05) is 18.8 Å². The summed E-state index contributed by atoms with van der Waals surface area (Å²) < 4.78 is 14.8. The Bertz CT molecular complexity index is 1170. The Balaban J connectivity index is 1.55. The number of fused-ring (bicyclic) bond motifs is 3. The van der Waals surface area contributed by atoms with Crippen LogP contribution in [0.25, 0.3) is 11.4 Å². The van der Waals surface area contributed by atoms with Gasteiger partial charge >= 0.3 is 0 Å². The number of carbonyl (C=O) groups is 1. The smallest absolute Gasteiger partial charge is 0.258 e. The molecule has 0 saturated heterocycles. The molecule has 2 aromatic heterocycles. The van der Waals surface area contributed by atoms with Crippen LogP contribution >= 0.6 is 0 Å². The molecule has 1 aromatic carbocycles. The van der Waals surface area contributed by atoms with E-state index in [4.69, 9.17) is 9.47 Å². The van der Waals surface area contributed by atoms with Crippen molar-refractivity contribution in [1.29, 1.82) is 0 Å². The van der Waals surface area contributed by atoms with Crippen LogP contribution < -0.4 is 9.47 Å². The highest BCUT2D eigenvalue weighted by molar-refractivity contribution is 5.95. The van der Waals surface area contributed by atoms with Gasteiger partial charge in [0.15, 0.2) is 23.1 Å². The summed E-state index contributed by atoms with van der Waals surface area (Å²) in [6.45, 7) is 2.32. The van der Waals surface area contributed by atoms with E-state index in [9.17, 15) is 4.79 Å². The number of ether oxygens (including phenoxy) is 2. The lowest BCUT2D eigenvalue weighted by Gasteiger charge is -2.44. The number of hydrogen-bond donors (Lipinski definition) is 0. The largest absolute Gasteiger partial charge is 0.493 e. The number of aryl methyl sites for hydroxylation is 2. The summed E-state index contributed by atoms with van der Waals surface area (Å²) in [6.07, 6.45) is 6.01. The highest BCUT2D eigenvalue weighted by atomic mass is 16.5. The first-order valence-corrected chi connectivity index (χ1v) is 11.0. The van der Waals surface area contributed by atoms with Gasteiger partial charge in [0.05, 0.1) is 44.1 Å². The first-order chi connectivity index (χ1) is 15.5. The zero-order valence-corrected chi connectivity index (χ0v) is 18.9. The van der Waals surface area contributed by atoms with Gasteiger partial charge in [-0.3, -0.25) is 9.48 Å². The third-order valence-corrected chi connectivity index (χ3v) is 6.65. The Morgan fingerprint density at radius 3 is 2.50 bits per heavy atom. The van der Waals surface area contributed by atoms with Crippen LogP contribution in [0.5, 0.6) is 11.5 Å². The minimum Gasteiger partial charge on any atom is -0.493 e. The third-order valence-electron chi connectivity index (χ3n) is 6.65. The van der Waals surface area contributed by atoms with E-state index in [0.29, 0.717) is 23.6 Å². The van der Waals surface area contributed by atoms with E-state index in [1.165, 1.54) is 0 Å². The fourth-order valence-electron chi connectivity index (χ4n) is 5.16. The number of amides is 1. The van der Waals surface area contributed by atoms with Crippen LogP contribution in [0.3, 0.4) is 0 Å². The maximum atomic E-state index is 13.5. The SMILES string of the molecule is COc1ccc(-c2nnc3n2[C@H]2CCCC[C@H]2N(C(=O)c2cn(C)nc2C)C3)cc1OC. The molecule has 3 heterocycles. The molecule has 5 rings (SSSR count). The maximum Gasteiger partial charge on any atom is 0.258 e. The molecular weight excluding hydrogens is 408 g/mol. The molecule has 9 heteroatoms. The molecule has 1 aliphatic heterocycles. The van der Waals surface area contributed by atoms with Crippen molar-refractivity contribution in [2.75, 3.05) is 14.2 Å². The van der Waals surface area contributed by atoms with E-state index < -0.39 is 0 Å². The molecule has 0 unspecified atom stereocenters. The van der Waals surface area contributed by atoms with E-state index in [1.54, 1.807) is 18.9 Å². The number of rotatable bonds is 4. The molecule has 0 spiro atoms. The van der Waals surface area contributed by atoms with Gasteiger partial charge in [-0.15, -0.1) is 10.2 Å². The average molecular weight is 437 g/mol. The van der Waals surface area contributed by atoms with E-state index in [-0.39, 0.29) is 18.0 Å². The van der Waals surface area contributed by atoms with E-state index in [2.05, 4.69) is 19.9 Å². The highest BCUT2D eigenvalue weighted by Crippen LogP contribution is 2.41. The second kappa shape index (κ2) is 7.96. The molecule has 0 N–H and O–H groups in total. The zero-order chi connectivity index (χ0) is 22.4. The minimum absolute atomic E-state index is 0.0226. The summed E-state index contributed by atoms with van der Waals surface area (Å²) in [5.74, 6) is 2.97. The van der Waals surface area contributed by atoms with Gasteiger partial charge in [-0.05, 0) is 38.0 Å². The summed E-state index contributed by atoms with van der Waals surface area (Å²) in [5.41, 5.74) is 2.33. The fourth-order valence-corrected chi connectivity index (χ4v) is 5.16. The van der Waals surface area contributed by atoms with Crippen molar-refractivity contribution in [3.05, 3.63) is 41.5 Å². The summed E-state index contributed by atoms with van der Waals surface area (Å²) in [5, 5.41) is 13.4. The van der Waals surface area contributed by atoms with Gasteiger partial charge in [-0.25, -0.2) is 0 Å². The van der Waals surface area contributed by atoms with Crippen LogP contribution in [0.1, 0.15) is 53.6 Å². The number of carbonyl (C=O) groups excluding carboxylic acids is 1. The third kappa shape index (κ3) is 3.23. The predicted octanol–water partition coefficient (Wildman–Crippen LogP) is 3.14. The van der Waals surface area contributed by atoms with Crippen molar-refractivity contribution in [2.24, 2.45) is 7.05 Å². The van der Waals surface area contributed by atoms with Crippen LogP contribution in [-0.2, 0) is 13.6 Å². The molecule has 0 bridgehead atoms. The molecule has 2 aliphatic rings. The van der Waals surface area contributed by atoms with E-state index in [1.807, 2.05) is 43.3 Å². The lowest BCUT2D eigenvalue weighted by atomic mass is 9.86. The van der Waals surface area contributed by atoms with Gasteiger partial charge in [0.1, 0.15) is 0 Å². The fraction of sp³-hybridized carbons (Fsp3) is 0.478. The Kier molecular flexibility index (Phi) is 5.11.